The molecule has 1 unspecified atom stereocenters. The van der Waals surface area contributed by atoms with Gasteiger partial charge in [-0.2, -0.15) is 0 Å². The highest BCUT2D eigenvalue weighted by atomic mass is 35.5. The van der Waals surface area contributed by atoms with Gasteiger partial charge in [0.15, 0.2) is 0 Å². The molecule has 1 atom stereocenters. The van der Waals surface area contributed by atoms with Crippen LogP contribution in [0.1, 0.15) is 20.3 Å². The summed E-state index contributed by atoms with van der Waals surface area (Å²) in [6.07, 6.45) is 0.231. The van der Waals surface area contributed by atoms with E-state index >= 15 is 0 Å². The van der Waals surface area contributed by atoms with Crippen molar-refractivity contribution in [1.29, 1.82) is 0 Å². The molecule has 1 rings (SSSR count). The summed E-state index contributed by atoms with van der Waals surface area (Å²) in [6, 6.07) is 0. The Morgan fingerprint density at radius 1 is 1.46 bits per heavy atom. The van der Waals surface area contributed by atoms with E-state index < -0.39 is 5.60 Å². The van der Waals surface area contributed by atoms with Crippen LogP contribution in [-0.2, 0) is 9.53 Å². The molecule has 0 bridgehead atoms. The van der Waals surface area contributed by atoms with Crippen LogP contribution >= 0.6 is 34.8 Å². The van der Waals surface area contributed by atoms with Gasteiger partial charge in [0.1, 0.15) is 10.1 Å². The molecule has 0 aromatic rings. The maximum atomic E-state index is 11.0. The molecule has 1 saturated heterocycles. The van der Waals surface area contributed by atoms with Crippen LogP contribution in [0, 0.1) is 5.92 Å². The molecule has 0 aromatic heterocycles. The SMILES string of the molecule is CC1(C)OC(=O)CC1C(Cl)=C(Cl)Cl. The van der Waals surface area contributed by atoms with Crippen LogP contribution in [0.15, 0.2) is 9.52 Å². The van der Waals surface area contributed by atoms with Crippen molar-refractivity contribution in [2.75, 3.05) is 0 Å². The molecule has 1 aliphatic rings. The van der Waals surface area contributed by atoms with Crippen molar-refractivity contribution >= 4 is 40.8 Å². The van der Waals surface area contributed by atoms with Gasteiger partial charge in [0, 0.05) is 5.92 Å². The fourth-order valence-electron chi connectivity index (χ4n) is 1.35. The molecular formula is C8H9Cl3O2. The first-order valence-corrected chi connectivity index (χ1v) is 4.90. The summed E-state index contributed by atoms with van der Waals surface area (Å²) in [6.45, 7) is 3.56. The summed E-state index contributed by atoms with van der Waals surface area (Å²) in [7, 11) is 0. The first kappa shape index (κ1) is 11.2. The smallest absolute Gasteiger partial charge is 0.307 e. The maximum Gasteiger partial charge on any atom is 0.307 e. The lowest BCUT2D eigenvalue weighted by Gasteiger charge is -2.24. The lowest BCUT2D eigenvalue weighted by atomic mass is 9.91. The minimum Gasteiger partial charge on any atom is -0.459 e. The third-order valence-electron chi connectivity index (χ3n) is 2.07. The van der Waals surface area contributed by atoms with Gasteiger partial charge in [0.05, 0.1) is 11.5 Å². The Kier molecular flexibility index (Phi) is 3.16. The average Bonchev–Trinajstić information content (AvgIpc) is 2.22. The Bertz CT molecular complexity index is 267. The summed E-state index contributed by atoms with van der Waals surface area (Å²) in [4.78, 5) is 11.0. The first-order chi connectivity index (χ1) is 5.84. The lowest BCUT2D eigenvalue weighted by molar-refractivity contribution is -0.146. The minimum atomic E-state index is -0.622. The molecule has 0 N–H and O–H groups in total. The van der Waals surface area contributed by atoms with Gasteiger partial charge < -0.3 is 4.74 Å². The van der Waals surface area contributed by atoms with Gasteiger partial charge >= 0.3 is 5.97 Å². The molecule has 1 fully saturated rings. The molecule has 0 saturated carbocycles. The molecule has 1 heterocycles. The number of rotatable bonds is 1. The highest BCUT2D eigenvalue weighted by Gasteiger charge is 2.44. The normalized spacial score (nSPS) is 25.6. The van der Waals surface area contributed by atoms with Crippen LogP contribution in [0.5, 0.6) is 0 Å². The zero-order chi connectivity index (χ0) is 10.2. The maximum absolute atomic E-state index is 11.0. The molecule has 0 spiro atoms. The van der Waals surface area contributed by atoms with Crippen LogP contribution in [-0.4, -0.2) is 11.6 Å². The molecule has 0 aromatic carbocycles. The number of carbonyl (C=O) groups is 1. The minimum absolute atomic E-state index is 0.00181. The van der Waals surface area contributed by atoms with Crippen molar-refractivity contribution in [3.63, 3.8) is 0 Å². The Labute approximate surface area is 91.8 Å². The van der Waals surface area contributed by atoms with E-state index in [-0.39, 0.29) is 22.8 Å². The van der Waals surface area contributed by atoms with Crippen molar-refractivity contribution in [1.82, 2.24) is 0 Å². The van der Waals surface area contributed by atoms with Crippen molar-refractivity contribution in [3.8, 4) is 0 Å². The van der Waals surface area contributed by atoms with Crippen molar-refractivity contribution < 1.29 is 9.53 Å². The van der Waals surface area contributed by atoms with Gasteiger partial charge in [-0.05, 0) is 13.8 Å². The van der Waals surface area contributed by atoms with Gasteiger partial charge in [0.2, 0.25) is 0 Å². The van der Waals surface area contributed by atoms with Gasteiger partial charge in [-0.3, -0.25) is 4.79 Å². The van der Waals surface area contributed by atoms with E-state index in [0.29, 0.717) is 5.03 Å². The molecule has 74 valence electrons. The largest absolute Gasteiger partial charge is 0.459 e. The molecule has 0 aliphatic carbocycles. The zero-order valence-corrected chi connectivity index (χ0v) is 9.50. The van der Waals surface area contributed by atoms with Crippen LogP contribution in [0.4, 0.5) is 0 Å². The number of hydrogen-bond acceptors (Lipinski definition) is 2. The summed E-state index contributed by atoms with van der Waals surface area (Å²) in [5.74, 6) is -0.519. The second-order valence-corrected chi connectivity index (χ2v) is 4.80. The van der Waals surface area contributed by atoms with Crippen molar-refractivity contribution in [3.05, 3.63) is 9.52 Å². The average molecular weight is 244 g/mol. The standard InChI is InChI=1S/C8H9Cl3O2/c1-8(2)4(3-5(12)13-8)6(9)7(10)11/h4H,3H2,1-2H3. The summed E-state index contributed by atoms with van der Waals surface area (Å²) >= 11 is 16.9. The molecule has 5 heteroatoms. The van der Waals surface area contributed by atoms with E-state index in [2.05, 4.69) is 0 Å². The fraction of sp³-hybridized carbons (Fsp3) is 0.625. The molecular weight excluding hydrogens is 234 g/mol. The molecule has 0 radical (unpaired) electrons. The van der Waals surface area contributed by atoms with Gasteiger partial charge in [-0.15, -0.1) is 0 Å². The second-order valence-electron chi connectivity index (χ2n) is 3.44. The molecule has 1 aliphatic heterocycles. The fourth-order valence-corrected chi connectivity index (χ4v) is 1.95. The Hall–Kier alpha value is 0.0800. The van der Waals surface area contributed by atoms with Crippen molar-refractivity contribution in [2.45, 2.75) is 25.9 Å². The van der Waals surface area contributed by atoms with Crippen LogP contribution in [0.3, 0.4) is 0 Å². The van der Waals surface area contributed by atoms with Crippen LogP contribution in [0.2, 0.25) is 0 Å². The van der Waals surface area contributed by atoms with Crippen LogP contribution < -0.4 is 0 Å². The Balaban J connectivity index is 2.94. The van der Waals surface area contributed by atoms with Gasteiger partial charge in [-0.25, -0.2) is 0 Å². The quantitative estimate of drug-likeness (QED) is 0.661. The highest BCUT2D eigenvalue weighted by Crippen LogP contribution is 2.41. The molecule has 2 nitrogen and oxygen atoms in total. The van der Waals surface area contributed by atoms with Crippen LogP contribution in [0.25, 0.3) is 0 Å². The molecule has 0 amide bonds. The molecule has 13 heavy (non-hydrogen) atoms. The summed E-state index contributed by atoms with van der Waals surface area (Å²) in [5, 5.41) is 0.291. The predicted octanol–water partition coefficient (Wildman–Crippen LogP) is 3.21. The van der Waals surface area contributed by atoms with E-state index in [1.165, 1.54) is 0 Å². The number of halogens is 3. The van der Waals surface area contributed by atoms with E-state index in [9.17, 15) is 4.79 Å². The van der Waals surface area contributed by atoms with Crippen molar-refractivity contribution in [2.24, 2.45) is 5.92 Å². The number of carbonyl (C=O) groups excluding carboxylic acids is 1. The number of hydrogen-bond donors (Lipinski definition) is 0. The Morgan fingerprint density at radius 3 is 2.31 bits per heavy atom. The predicted molar refractivity (Wildman–Crippen MR) is 52.9 cm³/mol. The van der Waals surface area contributed by atoms with Gasteiger partial charge in [0.25, 0.3) is 0 Å². The topological polar surface area (TPSA) is 26.3 Å². The Morgan fingerprint density at radius 2 is 2.00 bits per heavy atom. The second kappa shape index (κ2) is 3.68. The van der Waals surface area contributed by atoms with E-state index in [1.54, 1.807) is 13.8 Å². The zero-order valence-electron chi connectivity index (χ0n) is 7.23. The number of esters is 1. The number of ether oxygens (including phenoxy) is 1. The monoisotopic (exact) mass is 242 g/mol. The number of cyclic esters (lactones) is 1. The van der Waals surface area contributed by atoms with E-state index in [1.807, 2.05) is 0 Å². The summed E-state index contributed by atoms with van der Waals surface area (Å²) in [5.41, 5.74) is -0.622. The lowest BCUT2D eigenvalue weighted by Crippen LogP contribution is -2.27. The van der Waals surface area contributed by atoms with Gasteiger partial charge in [-0.1, -0.05) is 34.8 Å². The first-order valence-electron chi connectivity index (χ1n) is 3.77. The highest BCUT2D eigenvalue weighted by molar-refractivity contribution is 6.59. The summed E-state index contributed by atoms with van der Waals surface area (Å²) < 4.78 is 5.06. The van der Waals surface area contributed by atoms with E-state index in [0.717, 1.165) is 0 Å². The third kappa shape index (κ3) is 2.30. The van der Waals surface area contributed by atoms with E-state index in [4.69, 9.17) is 39.5 Å². The third-order valence-corrected chi connectivity index (χ3v) is 3.13.